The molecule has 0 bridgehead atoms. The lowest BCUT2D eigenvalue weighted by Crippen LogP contribution is -2.25. The van der Waals surface area contributed by atoms with E-state index in [1.807, 2.05) is 48.5 Å². The van der Waals surface area contributed by atoms with E-state index in [-0.39, 0.29) is 5.91 Å². The predicted octanol–water partition coefficient (Wildman–Crippen LogP) is 4.65. The molecular weight excluding hydrogens is 434 g/mol. The van der Waals surface area contributed by atoms with Crippen molar-refractivity contribution in [2.24, 2.45) is 0 Å². The third-order valence-corrected chi connectivity index (χ3v) is 5.68. The normalized spacial score (nSPS) is 10.8. The van der Waals surface area contributed by atoms with E-state index >= 15 is 0 Å². The van der Waals surface area contributed by atoms with Crippen LogP contribution >= 0.6 is 23.1 Å². The fourth-order valence-corrected chi connectivity index (χ4v) is 3.92. The molecule has 0 saturated carbocycles. The van der Waals surface area contributed by atoms with Gasteiger partial charge in [-0.05, 0) is 66.5 Å². The number of hydrogen-bond acceptors (Lipinski definition) is 7. The van der Waals surface area contributed by atoms with Gasteiger partial charge in [-0.15, -0.1) is 5.10 Å². The molecule has 0 aliphatic carbocycles. The van der Waals surface area contributed by atoms with E-state index < -0.39 is 0 Å². The fraction of sp³-hybridized carbons (Fsp3) is 0.182. The molecule has 1 amide bonds. The quantitative estimate of drug-likeness (QED) is 0.377. The summed E-state index contributed by atoms with van der Waals surface area (Å²) in [6.45, 7) is 1.23. The van der Waals surface area contributed by atoms with Gasteiger partial charge in [0.1, 0.15) is 16.3 Å². The number of amides is 1. The number of rotatable bonds is 8. The van der Waals surface area contributed by atoms with Gasteiger partial charge in [0.2, 0.25) is 0 Å². The van der Waals surface area contributed by atoms with Gasteiger partial charge in [0, 0.05) is 40.9 Å². The molecule has 9 heteroatoms. The number of carbonyl (C=O) groups excluding carboxylic acids is 1. The van der Waals surface area contributed by atoms with Crippen LogP contribution in [0.2, 0.25) is 5.02 Å². The summed E-state index contributed by atoms with van der Waals surface area (Å²) in [4.78, 5) is 17.5. The molecule has 0 radical (unpaired) electrons. The van der Waals surface area contributed by atoms with Crippen LogP contribution in [0.1, 0.15) is 16.1 Å². The summed E-state index contributed by atoms with van der Waals surface area (Å²) in [7, 11) is 1.61. The monoisotopic (exact) mass is 453 g/mol. The van der Waals surface area contributed by atoms with E-state index in [2.05, 4.69) is 25.2 Å². The Morgan fingerprint density at radius 2 is 1.97 bits per heavy atom. The number of halogens is 1. The number of nitrogens with zero attached hydrogens (tertiary/aromatic N) is 3. The molecule has 2 aromatic heterocycles. The largest absolute Gasteiger partial charge is 0.497 e. The molecule has 0 unspecified atom stereocenters. The summed E-state index contributed by atoms with van der Waals surface area (Å²) < 4.78 is 9.13. The lowest BCUT2D eigenvalue weighted by Gasteiger charge is -2.10. The molecule has 0 fully saturated rings. The van der Waals surface area contributed by atoms with E-state index in [0.29, 0.717) is 28.7 Å². The average Bonchev–Trinajstić information content (AvgIpc) is 3.28. The number of nitrogens with one attached hydrogen (secondary N) is 2. The maximum absolute atomic E-state index is 12.6. The van der Waals surface area contributed by atoms with E-state index in [4.69, 9.17) is 16.3 Å². The van der Waals surface area contributed by atoms with Gasteiger partial charge in [0.15, 0.2) is 0 Å². The van der Waals surface area contributed by atoms with E-state index in [9.17, 15) is 4.79 Å². The van der Waals surface area contributed by atoms with Crippen molar-refractivity contribution >= 4 is 45.6 Å². The fourth-order valence-electron chi connectivity index (χ4n) is 3.15. The number of carbonyl (C=O) groups is 1. The number of methoxy groups -OCH3 is 1. The summed E-state index contributed by atoms with van der Waals surface area (Å²) in [5.74, 6) is 0.570. The van der Waals surface area contributed by atoms with E-state index in [1.54, 1.807) is 13.3 Å². The number of ether oxygens (including phenoxy) is 1. The number of anilines is 1. The Kier molecular flexibility index (Phi) is 6.59. The first-order valence-electron chi connectivity index (χ1n) is 9.69. The summed E-state index contributed by atoms with van der Waals surface area (Å²) >= 11 is 7.13. The highest BCUT2D eigenvalue weighted by molar-refractivity contribution is 7.08. The minimum absolute atomic E-state index is 0.176. The van der Waals surface area contributed by atoms with Crippen LogP contribution in [0.3, 0.4) is 0 Å². The lowest BCUT2D eigenvalue weighted by molar-refractivity contribution is 0.0958. The highest BCUT2D eigenvalue weighted by Gasteiger charge is 2.17. The van der Waals surface area contributed by atoms with Gasteiger partial charge in [-0.1, -0.05) is 16.1 Å². The number of benzene rings is 2. The molecule has 2 aromatic carbocycles. The average molecular weight is 454 g/mol. The molecule has 0 spiro atoms. The van der Waals surface area contributed by atoms with Gasteiger partial charge in [-0.2, -0.15) is 0 Å². The Bertz CT molecular complexity index is 1200. The molecule has 0 aliphatic heterocycles. The van der Waals surface area contributed by atoms with Gasteiger partial charge in [-0.25, -0.2) is 0 Å². The molecule has 2 N–H and O–H groups in total. The first-order valence-corrected chi connectivity index (χ1v) is 10.8. The smallest absolute Gasteiger partial charge is 0.265 e. The third-order valence-electron chi connectivity index (χ3n) is 4.72. The maximum Gasteiger partial charge on any atom is 0.265 e. The molecular formula is C22H20ClN5O2S. The summed E-state index contributed by atoms with van der Waals surface area (Å²) in [6.07, 6.45) is 2.51. The highest BCUT2D eigenvalue weighted by atomic mass is 35.5. The van der Waals surface area contributed by atoms with Crippen LogP contribution in [0.15, 0.2) is 54.7 Å². The number of aromatic nitrogens is 3. The molecule has 4 rings (SSSR count). The van der Waals surface area contributed by atoms with Crippen LogP contribution in [0, 0.1) is 0 Å². The third kappa shape index (κ3) is 4.92. The number of fused-ring (bicyclic) bond motifs is 1. The second-order valence-electron chi connectivity index (χ2n) is 6.74. The molecule has 2 heterocycles. The molecule has 0 saturated heterocycles. The zero-order valence-electron chi connectivity index (χ0n) is 16.8. The Hall–Kier alpha value is -3.23. The Morgan fingerprint density at radius 3 is 2.77 bits per heavy atom. The minimum Gasteiger partial charge on any atom is -0.497 e. The first-order chi connectivity index (χ1) is 15.2. The molecule has 0 atom stereocenters. The predicted molar refractivity (Wildman–Crippen MR) is 124 cm³/mol. The van der Waals surface area contributed by atoms with Gasteiger partial charge in [0.25, 0.3) is 5.91 Å². The molecule has 7 nitrogen and oxygen atoms in total. The second kappa shape index (κ2) is 9.72. The van der Waals surface area contributed by atoms with Gasteiger partial charge < -0.3 is 15.4 Å². The summed E-state index contributed by atoms with van der Waals surface area (Å²) in [5, 5.41) is 12.1. The van der Waals surface area contributed by atoms with Crippen LogP contribution in [-0.2, 0) is 0 Å². The zero-order valence-corrected chi connectivity index (χ0v) is 18.3. The Morgan fingerprint density at radius 1 is 1.13 bits per heavy atom. The van der Waals surface area contributed by atoms with Gasteiger partial charge >= 0.3 is 0 Å². The molecule has 158 valence electrons. The van der Waals surface area contributed by atoms with Crippen molar-refractivity contribution in [1.29, 1.82) is 0 Å². The molecule has 0 aliphatic rings. The summed E-state index contributed by atoms with van der Waals surface area (Å²) in [5.41, 5.74) is 3.23. The van der Waals surface area contributed by atoms with Crippen molar-refractivity contribution in [3.05, 3.63) is 64.6 Å². The van der Waals surface area contributed by atoms with Crippen molar-refractivity contribution in [3.63, 3.8) is 0 Å². The standard InChI is InChI=1S/C22H20ClN5O2S/c1-30-16-6-3-14(4-7-16)20-21(31-28-27-20)22(29)26-11-2-10-24-18-9-12-25-19-13-15(23)5-8-17(18)19/h3-9,12-13H,2,10-11H2,1H3,(H,24,25)(H,26,29). The van der Waals surface area contributed by atoms with Gasteiger partial charge in [0.05, 0.1) is 12.6 Å². The minimum atomic E-state index is -0.176. The first kappa shape index (κ1) is 21.0. The van der Waals surface area contributed by atoms with Crippen molar-refractivity contribution in [2.75, 3.05) is 25.5 Å². The van der Waals surface area contributed by atoms with Crippen molar-refractivity contribution < 1.29 is 9.53 Å². The highest BCUT2D eigenvalue weighted by Crippen LogP contribution is 2.26. The topological polar surface area (TPSA) is 89.0 Å². The van der Waals surface area contributed by atoms with Crippen molar-refractivity contribution in [2.45, 2.75) is 6.42 Å². The second-order valence-corrected chi connectivity index (χ2v) is 7.93. The Labute approximate surface area is 188 Å². The van der Waals surface area contributed by atoms with Crippen LogP contribution in [0.25, 0.3) is 22.2 Å². The van der Waals surface area contributed by atoms with E-state index in [1.165, 1.54) is 0 Å². The SMILES string of the molecule is COc1ccc(-c2nnsc2C(=O)NCCCNc2ccnc3cc(Cl)ccc23)cc1. The van der Waals surface area contributed by atoms with E-state index in [0.717, 1.165) is 45.9 Å². The van der Waals surface area contributed by atoms with Gasteiger partial charge in [-0.3, -0.25) is 9.78 Å². The maximum atomic E-state index is 12.6. The van der Waals surface area contributed by atoms with Crippen molar-refractivity contribution in [3.8, 4) is 17.0 Å². The van der Waals surface area contributed by atoms with Crippen LogP contribution in [0.5, 0.6) is 5.75 Å². The lowest BCUT2D eigenvalue weighted by atomic mass is 10.1. The summed E-state index contributed by atoms with van der Waals surface area (Å²) in [6, 6.07) is 15.0. The van der Waals surface area contributed by atoms with Crippen LogP contribution in [0.4, 0.5) is 5.69 Å². The van der Waals surface area contributed by atoms with Crippen LogP contribution < -0.4 is 15.4 Å². The molecule has 31 heavy (non-hydrogen) atoms. The van der Waals surface area contributed by atoms with Crippen LogP contribution in [-0.4, -0.2) is 40.7 Å². The number of pyridine rings is 1. The zero-order chi connectivity index (χ0) is 21.6. The Balaban J connectivity index is 1.31. The van der Waals surface area contributed by atoms with Crippen molar-refractivity contribution in [1.82, 2.24) is 19.9 Å². The number of hydrogen-bond donors (Lipinski definition) is 2. The molecule has 4 aromatic rings.